The molecule has 1 aromatic rings. The van der Waals surface area contributed by atoms with Crippen molar-refractivity contribution in [3.05, 3.63) is 35.4 Å². The van der Waals surface area contributed by atoms with Crippen molar-refractivity contribution < 1.29 is 0 Å². The minimum absolute atomic E-state index is 0.109. The summed E-state index contributed by atoms with van der Waals surface area (Å²) in [6, 6.07) is 9.30. The molecule has 2 heteroatoms. The van der Waals surface area contributed by atoms with Crippen LogP contribution in [0, 0.1) is 0 Å². The van der Waals surface area contributed by atoms with Crippen LogP contribution in [-0.4, -0.2) is 20.6 Å². The smallest absolute Gasteiger partial charge is 0.00608 e. The minimum atomic E-state index is -0.109. The molecule has 0 saturated carbocycles. The summed E-state index contributed by atoms with van der Waals surface area (Å²) in [5, 5.41) is 1.50. The number of rotatable bonds is 4. The Bertz CT molecular complexity index is 493. The maximum absolute atomic E-state index is 2.43. The lowest BCUT2D eigenvalue weighted by atomic mass is 10.1. The van der Waals surface area contributed by atoms with E-state index in [1.165, 1.54) is 12.3 Å². The van der Waals surface area contributed by atoms with Crippen molar-refractivity contribution >= 4 is 15.8 Å². The van der Waals surface area contributed by atoms with E-state index in [1.54, 1.807) is 11.1 Å². The molecular formula is C24H44P2. The van der Waals surface area contributed by atoms with E-state index in [4.69, 9.17) is 0 Å². The van der Waals surface area contributed by atoms with E-state index in [1.807, 2.05) is 0 Å². The van der Waals surface area contributed by atoms with Gasteiger partial charge in [-0.05, 0) is 44.1 Å². The molecule has 0 aliphatic heterocycles. The molecule has 0 heterocycles. The van der Waals surface area contributed by atoms with Gasteiger partial charge in [-0.25, -0.2) is 0 Å². The van der Waals surface area contributed by atoms with Crippen molar-refractivity contribution in [2.45, 2.75) is 116 Å². The van der Waals surface area contributed by atoms with E-state index in [0.717, 1.165) is 0 Å². The van der Waals surface area contributed by atoms with E-state index in [2.05, 4.69) is 107 Å². The van der Waals surface area contributed by atoms with Gasteiger partial charge in [0, 0.05) is 0 Å². The van der Waals surface area contributed by atoms with Gasteiger partial charge < -0.3 is 0 Å². The van der Waals surface area contributed by atoms with E-state index in [0.29, 0.717) is 20.6 Å². The maximum atomic E-state index is 2.43. The summed E-state index contributed by atoms with van der Waals surface area (Å²) in [7, 11) is -0.218. The fraction of sp³-hybridized carbons (Fsp3) is 0.750. The average molecular weight is 395 g/mol. The van der Waals surface area contributed by atoms with Crippen LogP contribution in [0.2, 0.25) is 0 Å². The van der Waals surface area contributed by atoms with Crippen molar-refractivity contribution in [1.82, 2.24) is 0 Å². The van der Waals surface area contributed by atoms with Crippen molar-refractivity contribution in [2.24, 2.45) is 0 Å². The van der Waals surface area contributed by atoms with Gasteiger partial charge in [0.1, 0.15) is 0 Å². The highest BCUT2D eigenvalue weighted by molar-refractivity contribution is 7.60. The van der Waals surface area contributed by atoms with Gasteiger partial charge in [0.15, 0.2) is 0 Å². The maximum Gasteiger partial charge on any atom is -0.00608 e. The third kappa shape index (κ3) is 6.91. The van der Waals surface area contributed by atoms with Gasteiger partial charge in [0.25, 0.3) is 0 Å². The van der Waals surface area contributed by atoms with Crippen LogP contribution in [0.25, 0.3) is 0 Å². The van der Waals surface area contributed by atoms with Crippen LogP contribution in [0.5, 0.6) is 0 Å². The Morgan fingerprint density at radius 1 is 0.500 bits per heavy atom. The summed E-state index contributed by atoms with van der Waals surface area (Å²) in [4.78, 5) is 0. The molecule has 1 rings (SSSR count). The third-order valence-corrected chi connectivity index (χ3v) is 12.8. The van der Waals surface area contributed by atoms with E-state index in [9.17, 15) is 0 Å². The van der Waals surface area contributed by atoms with Gasteiger partial charge in [-0.2, -0.15) is 0 Å². The van der Waals surface area contributed by atoms with Crippen molar-refractivity contribution in [2.75, 3.05) is 0 Å². The second kappa shape index (κ2) is 8.21. The molecule has 1 aromatic carbocycles. The van der Waals surface area contributed by atoms with Crippen LogP contribution >= 0.6 is 15.8 Å². The van der Waals surface area contributed by atoms with Gasteiger partial charge in [-0.1, -0.05) is 123 Å². The number of hydrogen-bond donors (Lipinski definition) is 0. The summed E-state index contributed by atoms with van der Waals surface area (Å²) in [5.41, 5.74) is 3.20. The zero-order valence-corrected chi connectivity index (χ0v) is 21.4. The first-order valence-corrected chi connectivity index (χ1v) is 13.1. The zero-order chi connectivity index (χ0) is 20.6. The van der Waals surface area contributed by atoms with E-state index >= 15 is 0 Å². The fourth-order valence-corrected chi connectivity index (χ4v) is 11.4. The topological polar surface area (TPSA) is 0 Å². The predicted molar refractivity (Wildman–Crippen MR) is 127 cm³/mol. The van der Waals surface area contributed by atoms with Gasteiger partial charge in [0.2, 0.25) is 0 Å². The Morgan fingerprint density at radius 3 is 0.923 bits per heavy atom. The Kier molecular flexibility index (Phi) is 7.62. The molecule has 0 radical (unpaired) electrons. The average Bonchev–Trinajstić information content (AvgIpc) is 2.38. The SMILES string of the molecule is CC(C)(C)P(Cc1ccccc1CP(C(C)(C)C)C(C)(C)C)C(C)(C)C. The Morgan fingerprint density at radius 2 is 0.731 bits per heavy atom. The molecule has 0 spiro atoms. The number of benzene rings is 1. The minimum Gasteiger partial charge on any atom is -0.0911 e. The number of hydrogen-bond acceptors (Lipinski definition) is 0. The predicted octanol–water partition coefficient (Wildman–Crippen LogP) is 8.84. The Balaban J connectivity index is 3.26. The molecule has 0 N–H and O–H groups in total. The van der Waals surface area contributed by atoms with Crippen LogP contribution < -0.4 is 0 Å². The van der Waals surface area contributed by atoms with Crippen LogP contribution in [-0.2, 0) is 12.3 Å². The molecule has 0 amide bonds. The first-order valence-electron chi connectivity index (χ1n) is 10.1. The highest BCUT2D eigenvalue weighted by Gasteiger charge is 2.36. The molecule has 0 unspecified atom stereocenters. The Labute approximate surface area is 167 Å². The lowest BCUT2D eigenvalue weighted by Crippen LogP contribution is -2.27. The zero-order valence-electron chi connectivity index (χ0n) is 19.6. The molecule has 0 atom stereocenters. The molecule has 150 valence electrons. The third-order valence-electron chi connectivity index (χ3n) is 5.01. The van der Waals surface area contributed by atoms with Crippen molar-refractivity contribution in [3.8, 4) is 0 Å². The lowest BCUT2D eigenvalue weighted by molar-refractivity contribution is 0.699. The fourth-order valence-electron chi connectivity index (χ4n) is 4.17. The van der Waals surface area contributed by atoms with Crippen LogP contribution in [0.1, 0.15) is 94.2 Å². The molecule has 0 nitrogen and oxygen atoms in total. The quantitative estimate of drug-likeness (QED) is 0.447. The molecule has 0 aliphatic rings. The summed E-state index contributed by atoms with van der Waals surface area (Å²) >= 11 is 0. The van der Waals surface area contributed by atoms with Crippen LogP contribution in [0.3, 0.4) is 0 Å². The molecule has 0 aliphatic carbocycles. The second-order valence-corrected chi connectivity index (χ2v) is 19.3. The van der Waals surface area contributed by atoms with Crippen LogP contribution in [0.15, 0.2) is 24.3 Å². The van der Waals surface area contributed by atoms with Gasteiger partial charge in [0.05, 0.1) is 0 Å². The van der Waals surface area contributed by atoms with E-state index in [-0.39, 0.29) is 15.8 Å². The standard InChI is InChI=1S/C24H44P2/c1-21(2,3)25(22(4,5)6)17-19-15-13-14-16-20(19)18-26(23(7,8)9)24(10,11)12/h13-16H,17-18H2,1-12H3. The molecule has 26 heavy (non-hydrogen) atoms. The molecular weight excluding hydrogens is 350 g/mol. The lowest BCUT2D eigenvalue weighted by Gasteiger charge is -2.43. The van der Waals surface area contributed by atoms with Gasteiger partial charge >= 0.3 is 0 Å². The molecule has 0 aromatic heterocycles. The van der Waals surface area contributed by atoms with Gasteiger partial charge in [-0.15, -0.1) is 0 Å². The highest BCUT2D eigenvalue weighted by atomic mass is 31.1. The monoisotopic (exact) mass is 394 g/mol. The molecule has 0 bridgehead atoms. The highest BCUT2D eigenvalue weighted by Crippen LogP contribution is 2.63. The van der Waals surface area contributed by atoms with Crippen LogP contribution in [0.4, 0.5) is 0 Å². The largest absolute Gasteiger partial charge is 0.0911 e. The van der Waals surface area contributed by atoms with Crippen molar-refractivity contribution in [3.63, 3.8) is 0 Å². The Hall–Kier alpha value is 0.0800. The summed E-state index contributed by atoms with van der Waals surface area (Å²) in [5.74, 6) is 0. The first-order chi connectivity index (χ1) is 11.4. The summed E-state index contributed by atoms with van der Waals surface area (Å²) in [6.45, 7) is 29.2. The summed E-state index contributed by atoms with van der Waals surface area (Å²) < 4.78 is 0. The van der Waals surface area contributed by atoms with Crippen molar-refractivity contribution in [1.29, 1.82) is 0 Å². The van der Waals surface area contributed by atoms with E-state index < -0.39 is 0 Å². The van der Waals surface area contributed by atoms with Gasteiger partial charge in [-0.3, -0.25) is 0 Å². The second-order valence-electron chi connectivity index (χ2n) is 11.6. The molecule has 0 saturated heterocycles. The molecule has 0 fully saturated rings. The first kappa shape index (κ1) is 24.1. The summed E-state index contributed by atoms with van der Waals surface area (Å²) in [6.07, 6.45) is 2.49. The normalized spacial score (nSPS) is 14.4.